The normalized spacial score (nSPS) is 19.3. The topological polar surface area (TPSA) is 74.5 Å². The molecule has 2 heterocycles. The number of hydrogen-bond acceptors (Lipinski definition) is 6. The fourth-order valence-corrected chi connectivity index (χ4v) is 2.87. The molecule has 1 aromatic rings. The maximum atomic E-state index is 10.6. The predicted octanol–water partition coefficient (Wildman–Crippen LogP) is 0.522. The number of carboxylic acids is 1. The van der Waals surface area contributed by atoms with Gasteiger partial charge in [0, 0.05) is 32.2 Å². The van der Waals surface area contributed by atoms with Crippen LogP contribution in [0.5, 0.6) is 0 Å². The summed E-state index contributed by atoms with van der Waals surface area (Å²) in [5, 5.41) is 17.7. The Morgan fingerprint density at radius 1 is 1.35 bits per heavy atom. The predicted molar refractivity (Wildman–Crippen MR) is 78.3 cm³/mol. The SMILES string of the molecule is CN1CCN(c2nnc(SCC(=O)O)n2C)CC1(C)C. The average molecular weight is 299 g/mol. The smallest absolute Gasteiger partial charge is 0.313 e. The highest BCUT2D eigenvalue weighted by atomic mass is 32.2. The molecular weight excluding hydrogens is 278 g/mol. The fourth-order valence-electron chi connectivity index (χ4n) is 2.25. The summed E-state index contributed by atoms with van der Waals surface area (Å²) in [4.78, 5) is 15.2. The van der Waals surface area contributed by atoms with Gasteiger partial charge in [0.05, 0.1) is 5.75 Å². The average Bonchev–Trinajstić information content (AvgIpc) is 2.71. The number of aromatic nitrogens is 3. The van der Waals surface area contributed by atoms with Crippen molar-refractivity contribution >= 4 is 23.7 Å². The summed E-state index contributed by atoms with van der Waals surface area (Å²) < 4.78 is 1.87. The molecule has 1 aliphatic rings. The van der Waals surface area contributed by atoms with E-state index in [4.69, 9.17) is 5.11 Å². The third kappa shape index (κ3) is 3.06. The maximum Gasteiger partial charge on any atom is 0.313 e. The van der Waals surface area contributed by atoms with E-state index in [0.29, 0.717) is 5.16 Å². The minimum Gasteiger partial charge on any atom is -0.481 e. The maximum absolute atomic E-state index is 10.6. The summed E-state index contributed by atoms with van der Waals surface area (Å²) in [5.41, 5.74) is 0.0819. The molecule has 7 nitrogen and oxygen atoms in total. The largest absolute Gasteiger partial charge is 0.481 e. The second-order valence-corrected chi connectivity index (χ2v) is 6.62. The molecule has 0 amide bonds. The number of likely N-dealkylation sites (N-methyl/N-ethyl adjacent to an activating group) is 1. The lowest BCUT2D eigenvalue weighted by Crippen LogP contribution is -2.58. The van der Waals surface area contributed by atoms with E-state index in [-0.39, 0.29) is 11.3 Å². The summed E-state index contributed by atoms with van der Waals surface area (Å²) in [6.07, 6.45) is 0. The van der Waals surface area contributed by atoms with Crippen LogP contribution in [0, 0.1) is 0 Å². The lowest BCUT2D eigenvalue weighted by Gasteiger charge is -2.45. The van der Waals surface area contributed by atoms with Crippen molar-refractivity contribution in [2.75, 3.05) is 37.3 Å². The van der Waals surface area contributed by atoms with Crippen molar-refractivity contribution in [3.8, 4) is 0 Å². The van der Waals surface area contributed by atoms with E-state index in [9.17, 15) is 4.79 Å². The Kier molecular flexibility index (Phi) is 4.24. The molecule has 0 radical (unpaired) electrons. The first-order valence-corrected chi connectivity index (χ1v) is 7.50. The van der Waals surface area contributed by atoms with Crippen LogP contribution in [0.25, 0.3) is 0 Å². The Morgan fingerprint density at radius 2 is 2.05 bits per heavy atom. The van der Waals surface area contributed by atoms with Crippen molar-refractivity contribution in [2.45, 2.75) is 24.5 Å². The zero-order valence-corrected chi connectivity index (χ0v) is 13.1. The van der Waals surface area contributed by atoms with Crippen molar-refractivity contribution in [3.63, 3.8) is 0 Å². The molecule has 0 unspecified atom stereocenters. The lowest BCUT2D eigenvalue weighted by molar-refractivity contribution is -0.133. The number of thioether (sulfide) groups is 1. The van der Waals surface area contributed by atoms with E-state index in [1.165, 1.54) is 11.8 Å². The van der Waals surface area contributed by atoms with Crippen LogP contribution in [0.2, 0.25) is 0 Å². The molecule has 1 aromatic heterocycles. The number of piperazine rings is 1. The van der Waals surface area contributed by atoms with E-state index >= 15 is 0 Å². The van der Waals surface area contributed by atoms with Crippen LogP contribution in [-0.4, -0.2) is 68.7 Å². The summed E-state index contributed by atoms with van der Waals surface area (Å²) >= 11 is 1.19. The molecule has 0 aromatic carbocycles. The Hall–Kier alpha value is -1.28. The van der Waals surface area contributed by atoms with Gasteiger partial charge in [0.25, 0.3) is 0 Å². The van der Waals surface area contributed by atoms with Gasteiger partial charge in [-0.1, -0.05) is 11.8 Å². The quantitative estimate of drug-likeness (QED) is 0.812. The molecule has 0 saturated carbocycles. The highest BCUT2D eigenvalue weighted by molar-refractivity contribution is 7.99. The number of rotatable bonds is 4. The molecule has 1 fully saturated rings. The van der Waals surface area contributed by atoms with Gasteiger partial charge in [-0.15, -0.1) is 10.2 Å². The van der Waals surface area contributed by atoms with Crippen LogP contribution in [0.15, 0.2) is 5.16 Å². The van der Waals surface area contributed by atoms with E-state index in [0.717, 1.165) is 25.6 Å². The minimum absolute atomic E-state index is 0.000203. The summed E-state index contributed by atoms with van der Waals surface area (Å²) in [5.74, 6) is -0.0421. The van der Waals surface area contributed by atoms with Gasteiger partial charge in [-0.2, -0.15) is 0 Å². The Morgan fingerprint density at radius 3 is 2.65 bits per heavy atom. The third-order valence-corrected chi connectivity index (χ3v) is 4.74. The van der Waals surface area contributed by atoms with Crippen molar-refractivity contribution in [2.24, 2.45) is 7.05 Å². The van der Waals surface area contributed by atoms with Gasteiger partial charge in [0.2, 0.25) is 5.95 Å². The number of anilines is 1. The van der Waals surface area contributed by atoms with Crippen LogP contribution < -0.4 is 4.90 Å². The van der Waals surface area contributed by atoms with E-state index in [2.05, 4.69) is 40.9 Å². The van der Waals surface area contributed by atoms with Gasteiger partial charge >= 0.3 is 5.97 Å². The van der Waals surface area contributed by atoms with E-state index in [1.807, 2.05) is 11.6 Å². The standard InChI is InChI=1S/C12H21N5O2S/c1-12(2)8-17(6-5-15(12)3)10-13-14-11(16(10)4)20-7-9(18)19/h5-8H2,1-4H3,(H,18,19). The van der Waals surface area contributed by atoms with Gasteiger partial charge in [0.1, 0.15) is 0 Å². The van der Waals surface area contributed by atoms with Crippen LogP contribution >= 0.6 is 11.8 Å². The zero-order valence-electron chi connectivity index (χ0n) is 12.3. The van der Waals surface area contributed by atoms with Crippen LogP contribution in [0.1, 0.15) is 13.8 Å². The molecule has 0 bridgehead atoms. The molecule has 112 valence electrons. The van der Waals surface area contributed by atoms with Crippen molar-refractivity contribution in [1.82, 2.24) is 19.7 Å². The number of carboxylic acid groups (broad SMARTS) is 1. The second-order valence-electron chi connectivity index (χ2n) is 5.68. The highest BCUT2D eigenvalue weighted by Crippen LogP contribution is 2.25. The molecule has 1 aliphatic heterocycles. The molecule has 20 heavy (non-hydrogen) atoms. The van der Waals surface area contributed by atoms with Gasteiger partial charge in [0.15, 0.2) is 5.16 Å². The molecule has 8 heteroatoms. The minimum atomic E-state index is -0.847. The number of aliphatic carboxylic acids is 1. The molecule has 0 atom stereocenters. The Balaban J connectivity index is 2.12. The Labute approximate surface area is 123 Å². The van der Waals surface area contributed by atoms with Crippen molar-refractivity contribution in [1.29, 1.82) is 0 Å². The number of nitrogens with zero attached hydrogens (tertiary/aromatic N) is 5. The van der Waals surface area contributed by atoms with E-state index in [1.54, 1.807) is 0 Å². The molecule has 2 rings (SSSR count). The molecule has 0 aliphatic carbocycles. The monoisotopic (exact) mass is 299 g/mol. The first-order valence-electron chi connectivity index (χ1n) is 6.51. The van der Waals surface area contributed by atoms with Gasteiger partial charge in [-0.25, -0.2) is 0 Å². The molecule has 1 saturated heterocycles. The van der Waals surface area contributed by atoms with Crippen molar-refractivity contribution < 1.29 is 9.90 Å². The summed E-state index contributed by atoms with van der Waals surface area (Å²) in [6, 6.07) is 0. The van der Waals surface area contributed by atoms with Crippen LogP contribution in [-0.2, 0) is 11.8 Å². The molecule has 1 N–H and O–H groups in total. The first-order chi connectivity index (χ1) is 9.31. The lowest BCUT2D eigenvalue weighted by atomic mass is 10.0. The number of carbonyl (C=O) groups is 1. The summed E-state index contributed by atoms with van der Waals surface area (Å²) in [6.45, 7) is 7.15. The second kappa shape index (κ2) is 5.61. The summed E-state index contributed by atoms with van der Waals surface area (Å²) in [7, 11) is 4.01. The van der Waals surface area contributed by atoms with Crippen molar-refractivity contribution in [3.05, 3.63) is 0 Å². The molecular formula is C12H21N5O2S. The number of hydrogen-bond donors (Lipinski definition) is 1. The van der Waals surface area contributed by atoms with Crippen LogP contribution in [0.3, 0.4) is 0 Å². The van der Waals surface area contributed by atoms with Gasteiger partial charge in [-0.3, -0.25) is 14.3 Å². The Bertz CT molecular complexity index is 502. The van der Waals surface area contributed by atoms with Gasteiger partial charge in [-0.05, 0) is 20.9 Å². The zero-order chi connectivity index (χ0) is 14.9. The van der Waals surface area contributed by atoms with Gasteiger partial charge < -0.3 is 10.0 Å². The van der Waals surface area contributed by atoms with E-state index < -0.39 is 5.97 Å². The highest BCUT2D eigenvalue weighted by Gasteiger charge is 2.33. The third-order valence-electron chi connectivity index (χ3n) is 3.74. The fraction of sp³-hybridized carbons (Fsp3) is 0.750. The molecule has 0 spiro atoms. The van der Waals surface area contributed by atoms with Crippen LogP contribution in [0.4, 0.5) is 5.95 Å². The first kappa shape index (κ1) is 15.1.